The van der Waals surface area contributed by atoms with E-state index in [1.54, 1.807) is 6.33 Å². The SMILES string of the molecule is CCCc1c(NCC)ncnc1Sc1ncc(C)cn1. The van der Waals surface area contributed by atoms with Crippen molar-refractivity contribution in [2.24, 2.45) is 0 Å². The molecule has 0 aliphatic heterocycles. The first kappa shape index (κ1) is 14.7. The molecule has 6 heteroatoms. The zero-order valence-electron chi connectivity index (χ0n) is 12.1. The molecule has 0 radical (unpaired) electrons. The third kappa shape index (κ3) is 3.66. The minimum absolute atomic E-state index is 0.717. The lowest BCUT2D eigenvalue weighted by molar-refractivity contribution is 0.851. The van der Waals surface area contributed by atoms with Gasteiger partial charge < -0.3 is 5.32 Å². The van der Waals surface area contributed by atoms with Crippen molar-refractivity contribution in [2.45, 2.75) is 43.8 Å². The van der Waals surface area contributed by atoms with Gasteiger partial charge in [-0.1, -0.05) is 13.3 Å². The van der Waals surface area contributed by atoms with Gasteiger partial charge >= 0.3 is 0 Å². The van der Waals surface area contributed by atoms with Crippen LogP contribution < -0.4 is 5.32 Å². The molecule has 106 valence electrons. The lowest BCUT2D eigenvalue weighted by Crippen LogP contribution is -2.06. The lowest BCUT2D eigenvalue weighted by atomic mass is 10.2. The Balaban J connectivity index is 2.29. The second-order valence-corrected chi connectivity index (χ2v) is 5.39. The van der Waals surface area contributed by atoms with Crippen molar-refractivity contribution >= 4 is 17.6 Å². The summed E-state index contributed by atoms with van der Waals surface area (Å²) in [6, 6.07) is 0. The van der Waals surface area contributed by atoms with E-state index in [9.17, 15) is 0 Å². The number of anilines is 1. The molecule has 0 amide bonds. The molecule has 5 nitrogen and oxygen atoms in total. The minimum atomic E-state index is 0.717. The summed E-state index contributed by atoms with van der Waals surface area (Å²) in [6.07, 6.45) is 7.22. The molecule has 20 heavy (non-hydrogen) atoms. The summed E-state index contributed by atoms with van der Waals surface area (Å²) in [4.78, 5) is 17.4. The van der Waals surface area contributed by atoms with Gasteiger partial charge in [-0.15, -0.1) is 0 Å². The van der Waals surface area contributed by atoms with Crippen LogP contribution >= 0.6 is 11.8 Å². The number of aromatic nitrogens is 4. The average molecular weight is 289 g/mol. The van der Waals surface area contributed by atoms with E-state index in [1.165, 1.54) is 11.8 Å². The van der Waals surface area contributed by atoms with Crippen LogP contribution in [0.5, 0.6) is 0 Å². The van der Waals surface area contributed by atoms with Crippen LogP contribution in [-0.2, 0) is 6.42 Å². The molecule has 0 aromatic carbocycles. The Morgan fingerprint density at radius 3 is 2.50 bits per heavy atom. The van der Waals surface area contributed by atoms with Gasteiger partial charge in [0.25, 0.3) is 0 Å². The molecule has 2 aromatic heterocycles. The van der Waals surface area contributed by atoms with Gasteiger partial charge in [0.2, 0.25) is 0 Å². The molecule has 0 saturated heterocycles. The van der Waals surface area contributed by atoms with Crippen molar-refractivity contribution < 1.29 is 0 Å². The number of nitrogens with one attached hydrogen (secondary N) is 1. The van der Waals surface area contributed by atoms with Crippen molar-refractivity contribution in [1.29, 1.82) is 0 Å². The quantitative estimate of drug-likeness (QED) is 0.651. The van der Waals surface area contributed by atoms with E-state index in [1.807, 2.05) is 19.3 Å². The highest BCUT2D eigenvalue weighted by molar-refractivity contribution is 7.99. The summed E-state index contributed by atoms with van der Waals surface area (Å²) in [5.41, 5.74) is 2.20. The Morgan fingerprint density at radius 1 is 1.10 bits per heavy atom. The predicted octanol–water partition coefficient (Wildman–Crippen LogP) is 3.11. The fraction of sp³-hybridized carbons (Fsp3) is 0.429. The van der Waals surface area contributed by atoms with E-state index < -0.39 is 0 Å². The van der Waals surface area contributed by atoms with Gasteiger partial charge in [-0.2, -0.15) is 0 Å². The van der Waals surface area contributed by atoms with Gasteiger partial charge in [-0.3, -0.25) is 0 Å². The molecule has 2 aromatic rings. The van der Waals surface area contributed by atoms with Crippen molar-refractivity contribution in [3.05, 3.63) is 29.8 Å². The molecule has 0 saturated carbocycles. The van der Waals surface area contributed by atoms with Crippen molar-refractivity contribution in [1.82, 2.24) is 19.9 Å². The van der Waals surface area contributed by atoms with Crippen LogP contribution in [0.1, 0.15) is 31.4 Å². The largest absolute Gasteiger partial charge is 0.370 e. The first-order chi connectivity index (χ1) is 9.74. The Bertz CT molecular complexity index is 556. The molecular weight excluding hydrogens is 270 g/mol. The van der Waals surface area contributed by atoms with Gasteiger partial charge in [0.15, 0.2) is 5.16 Å². The Hall–Kier alpha value is -1.69. The molecule has 0 unspecified atom stereocenters. The standard InChI is InChI=1S/C14H19N5S/c1-4-6-11-12(15-5-2)18-9-19-13(11)20-14-16-7-10(3)8-17-14/h7-9H,4-6H2,1-3H3,(H,15,18,19). The van der Waals surface area contributed by atoms with E-state index in [4.69, 9.17) is 0 Å². The number of nitrogens with zero attached hydrogens (tertiary/aromatic N) is 4. The maximum atomic E-state index is 4.39. The monoisotopic (exact) mass is 289 g/mol. The van der Waals surface area contributed by atoms with Crippen LogP contribution in [-0.4, -0.2) is 26.5 Å². The third-order valence-corrected chi connectivity index (χ3v) is 3.63. The molecule has 0 fully saturated rings. The number of hydrogen-bond donors (Lipinski definition) is 1. The third-order valence-electron chi connectivity index (χ3n) is 2.70. The van der Waals surface area contributed by atoms with Gasteiger partial charge in [-0.05, 0) is 37.6 Å². The summed E-state index contributed by atoms with van der Waals surface area (Å²) in [7, 11) is 0. The van der Waals surface area contributed by atoms with Gasteiger partial charge in [0.05, 0.1) is 0 Å². The Morgan fingerprint density at radius 2 is 1.85 bits per heavy atom. The fourth-order valence-corrected chi connectivity index (χ4v) is 2.60. The van der Waals surface area contributed by atoms with E-state index in [2.05, 4.69) is 39.1 Å². The highest BCUT2D eigenvalue weighted by Gasteiger charge is 2.12. The molecule has 1 N–H and O–H groups in total. The van der Waals surface area contributed by atoms with Gasteiger partial charge in [-0.25, -0.2) is 19.9 Å². The van der Waals surface area contributed by atoms with Crippen molar-refractivity contribution in [3.63, 3.8) is 0 Å². The highest BCUT2D eigenvalue weighted by Crippen LogP contribution is 2.29. The fourth-order valence-electron chi connectivity index (χ4n) is 1.80. The topological polar surface area (TPSA) is 63.6 Å². The second kappa shape index (κ2) is 7.19. The first-order valence-corrected chi connectivity index (χ1v) is 7.60. The van der Waals surface area contributed by atoms with E-state index in [0.717, 1.165) is 41.4 Å². The van der Waals surface area contributed by atoms with Crippen LogP contribution in [0.2, 0.25) is 0 Å². The number of hydrogen-bond acceptors (Lipinski definition) is 6. The van der Waals surface area contributed by atoms with Crippen LogP contribution in [0.3, 0.4) is 0 Å². The zero-order valence-corrected chi connectivity index (χ0v) is 12.9. The maximum Gasteiger partial charge on any atom is 0.193 e. The summed E-state index contributed by atoms with van der Waals surface area (Å²) in [5.74, 6) is 0.916. The first-order valence-electron chi connectivity index (χ1n) is 6.78. The van der Waals surface area contributed by atoms with E-state index in [-0.39, 0.29) is 0 Å². The molecule has 0 bridgehead atoms. The molecule has 2 heterocycles. The van der Waals surface area contributed by atoms with Crippen LogP contribution in [0, 0.1) is 6.92 Å². The highest BCUT2D eigenvalue weighted by atomic mass is 32.2. The van der Waals surface area contributed by atoms with E-state index >= 15 is 0 Å². The van der Waals surface area contributed by atoms with Gasteiger partial charge in [0, 0.05) is 24.5 Å². The smallest absolute Gasteiger partial charge is 0.193 e. The molecule has 0 aliphatic carbocycles. The maximum absolute atomic E-state index is 4.39. The molecule has 0 spiro atoms. The van der Waals surface area contributed by atoms with Crippen molar-refractivity contribution in [2.75, 3.05) is 11.9 Å². The number of aryl methyl sites for hydroxylation is 1. The summed E-state index contributed by atoms with van der Waals surface area (Å²) in [5, 5.41) is 4.94. The predicted molar refractivity (Wildman–Crippen MR) is 81.1 cm³/mol. The Kier molecular flexibility index (Phi) is 5.29. The summed E-state index contributed by atoms with van der Waals surface area (Å²) >= 11 is 1.49. The van der Waals surface area contributed by atoms with Crippen LogP contribution in [0.25, 0.3) is 0 Å². The van der Waals surface area contributed by atoms with Crippen LogP contribution in [0.4, 0.5) is 5.82 Å². The minimum Gasteiger partial charge on any atom is -0.370 e. The molecule has 2 rings (SSSR count). The number of rotatable bonds is 6. The van der Waals surface area contributed by atoms with Crippen LogP contribution in [0.15, 0.2) is 28.9 Å². The molecule has 0 aliphatic rings. The molecule has 0 atom stereocenters. The zero-order chi connectivity index (χ0) is 14.4. The van der Waals surface area contributed by atoms with E-state index in [0.29, 0.717) is 5.16 Å². The average Bonchev–Trinajstić information content (AvgIpc) is 2.45. The lowest BCUT2D eigenvalue weighted by Gasteiger charge is -2.12. The summed E-state index contributed by atoms with van der Waals surface area (Å²) < 4.78 is 0. The van der Waals surface area contributed by atoms with Crippen molar-refractivity contribution in [3.8, 4) is 0 Å². The Labute approximate surface area is 123 Å². The normalized spacial score (nSPS) is 10.6. The van der Waals surface area contributed by atoms with Gasteiger partial charge in [0.1, 0.15) is 17.2 Å². The summed E-state index contributed by atoms with van der Waals surface area (Å²) in [6.45, 7) is 7.04. The molecular formula is C14H19N5S. The second-order valence-electron chi connectivity index (χ2n) is 4.43.